The summed E-state index contributed by atoms with van der Waals surface area (Å²) in [6, 6.07) is 14.3. The molecule has 130 valence electrons. The van der Waals surface area contributed by atoms with Crippen molar-refractivity contribution in [3.63, 3.8) is 0 Å². The van der Waals surface area contributed by atoms with Gasteiger partial charge in [-0.15, -0.1) is 4.40 Å². The van der Waals surface area contributed by atoms with Crippen molar-refractivity contribution in [3.05, 3.63) is 54.1 Å². The smallest absolute Gasteiger partial charge is 0.285 e. The van der Waals surface area contributed by atoms with Gasteiger partial charge in [0.25, 0.3) is 10.0 Å². The Kier molecular flexibility index (Phi) is 4.59. The average Bonchev–Trinajstić information content (AvgIpc) is 2.58. The van der Waals surface area contributed by atoms with Crippen molar-refractivity contribution in [2.75, 3.05) is 22.9 Å². The molecule has 1 aliphatic rings. The summed E-state index contributed by atoms with van der Waals surface area (Å²) < 4.78 is 27.7. The summed E-state index contributed by atoms with van der Waals surface area (Å²) in [4.78, 5) is 16.2. The van der Waals surface area contributed by atoms with Crippen molar-refractivity contribution in [2.45, 2.75) is 18.7 Å². The monoisotopic (exact) mass is 357 g/mol. The Labute approximate surface area is 147 Å². The van der Waals surface area contributed by atoms with Crippen LogP contribution in [-0.4, -0.2) is 33.8 Å². The van der Waals surface area contributed by atoms with Crippen LogP contribution in [0.4, 0.5) is 11.4 Å². The minimum atomic E-state index is -3.69. The molecule has 6 nitrogen and oxygen atoms in total. The van der Waals surface area contributed by atoms with Crippen molar-refractivity contribution in [1.29, 1.82) is 0 Å². The minimum Gasteiger partial charge on any atom is -0.321 e. The maximum absolute atomic E-state index is 12.8. The van der Waals surface area contributed by atoms with E-state index >= 15 is 0 Å². The number of anilines is 2. The van der Waals surface area contributed by atoms with E-state index in [1.54, 1.807) is 28.0 Å². The highest BCUT2D eigenvalue weighted by molar-refractivity contribution is 7.90. The first-order valence-electron chi connectivity index (χ1n) is 7.95. The van der Waals surface area contributed by atoms with E-state index in [9.17, 15) is 13.2 Å². The van der Waals surface area contributed by atoms with Crippen molar-refractivity contribution >= 4 is 33.6 Å². The molecule has 7 heteroatoms. The van der Waals surface area contributed by atoms with Crippen LogP contribution in [0.1, 0.15) is 12.5 Å². The number of hydrogen-bond acceptors (Lipinski definition) is 4. The number of carbonyl (C=O) groups excluding carboxylic acids is 1. The summed E-state index contributed by atoms with van der Waals surface area (Å²) in [5.74, 6) is -0.131. The molecule has 0 saturated carbocycles. The Morgan fingerprint density at radius 2 is 1.92 bits per heavy atom. The largest absolute Gasteiger partial charge is 0.321 e. The Balaban J connectivity index is 1.88. The molecule has 0 saturated heterocycles. The first-order valence-corrected chi connectivity index (χ1v) is 9.39. The van der Waals surface area contributed by atoms with Crippen LogP contribution < -0.4 is 9.80 Å². The zero-order valence-electron chi connectivity index (χ0n) is 14.1. The van der Waals surface area contributed by atoms with E-state index < -0.39 is 10.0 Å². The van der Waals surface area contributed by atoms with Crippen LogP contribution in [0, 0.1) is 6.92 Å². The standard InChI is InChI=1S/C18H19N3O3S/c1-3-21(15-8-6-7-14(2)11-15)18(22)12-20-13-19-25(23,24)17-10-5-4-9-16(17)20/h4-11,13H,3,12H2,1-2H3. The number of amides is 1. The fourth-order valence-corrected chi connectivity index (χ4v) is 3.86. The lowest BCUT2D eigenvalue weighted by atomic mass is 10.2. The molecule has 0 fully saturated rings. The Hall–Kier alpha value is -2.67. The summed E-state index contributed by atoms with van der Waals surface area (Å²) >= 11 is 0. The predicted octanol–water partition coefficient (Wildman–Crippen LogP) is 2.59. The highest BCUT2D eigenvalue weighted by Gasteiger charge is 2.27. The van der Waals surface area contributed by atoms with Crippen molar-refractivity contribution < 1.29 is 13.2 Å². The Morgan fingerprint density at radius 3 is 2.64 bits per heavy atom. The number of likely N-dealkylation sites (N-methyl/N-ethyl adjacent to an activating group) is 1. The number of benzene rings is 2. The molecule has 0 aliphatic carbocycles. The molecule has 1 aliphatic heterocycles. The predicted molar refractivity (Wildman–Crippen MR) is 98.7 cm³/mol. The molecule has 0 radical (unpaired) electrons. The van der Waals surface area contributed by atoms with Gasteiger partial charge in [-0.1, -0.05) is 24.3 Å². The topological polar surface area (TPSA) is 70.1 Å². The van der Waals surface area contributed by atoms with E-state index in [2.05, 4.69) is 4.40 Å². The minimum absolute atomic E-state index is 0.0117. The maximum atomic E-state index is 12.8. The number of hydrogen-bond donors (Lipinski definition) is 0. The number of carbonyl (C=O) groups is 1. The van der Waals surface area contributed by atoms with Gasteiger partial charge in [0.2, 0.25) is 5.91 Å². The second-order valence-electron chi connectivity index (χ2n) is 5.77. The molecule has 1 amide bonds. The van der Waals surface area contributed by atoms with Gasteiger partial charge in [-0.3, -0.25) is 4.79 Å². The summed E-state index contributed by atoms with van der Waals surface area (Å²) in [6.45, 7) is 4.41. The van der Waals surface area contributed by atoms with E-state index in [1.807, 2.05) is 38.1 Å². The van der Waals surface area contributed by atoms with Crippen LogP contribution in [0.5, 0.6) is 0 Å². The zero-order valence-corrected chi connectivity index (χ0v) is 14.9. The lowest BCUT2D eigenvalue weighted by Crippen LogP contribution is -2.41. The molecule has 0 unspecified atom stereocenters. The summed E-state index contributed by atoms with van der Waals surface area (Å²) in [6.07, 6.45) is 1.21. The first-order chi connectivity index (χ1) is 11.9. The number of aryl methyl sites for hydroxylation is 1. The summed E-state index contributed by atoms with van der Waals surface area (Å²) in [5, 5.41) is 0. The van der Waals surface area contributed by atoms with Gasteiger partial charge in [0, 0.05) is 12.2 Å². The second kappa shape index (κ2) is 6.68. The van der Waals surface area contributed by atoms with Gasteiger partial charge in [-0.2, -0.15) is 8.42 Å². The number of rotatable bonds is 4. The van der Waals surface area contributed by atoms with Crippen LogP contribution in [0.3, 0.4) is 0 Å². The van der Waals surface area contributed by atoms with Crippen LogP contribution in [0.15, 0.2) is 57.8 Å². The van der Waals surface area contributed by atoms with E-state index in [4.69, 9.17) is 0 Å². The van der Waals surface area contributed by atoms with E-state index in [-0.39, 0.29) is 17.3 Å². The molecule has 0 N–H and O–H groups in total. The number of para-hydroxylation sites is 1. The third kappa shape index (κ3) is 3.41. The second-order valence-corrected chi connectivity index (χ2v) is 7.37. The van der Waals surface area contributed by atoms with Crippen molar-refractivity contribution in [1.82, 2.24) is 0 Å². The quantitative estimate of drug-likeness (QED) is 0.843. The lowest BCUT2D eigenvalue weighted by Gasteiger charge is -2.28. The first kappa shape index (κ1) is 17.2. The molecule has 25 heavy (non-hydrogen) atoms. The molecule has 0 atom stereocenters. The van der Waals surface area contributed by atoms with Crippen LogP contribution >= 0.6 is 0 Å². The van der Waals surface area contributed by atoms with Crippen LogP contribution in [-0.2, 0) is 14.8 Å². The highest BCUT2D eigenvalue weighted by Crippen LogP contribution is 2.29. The van der Waals surface area contributed by atoms with Gasteiger partial charge in [-0.25, -0.2) is 0 Å². The molecule has 3 rings (SSSR count). The molecule has 0 bridgehead atoms. The molecule has 2 aromatic rings. The van der Waals surface area contributed by atoms with Crippen molar-refractivity contribution in [3.8, 4) is 0 Å². The molecule has 1 heterocycles. The fraction of sp³-hybridized carbons (Fsp3) is 0.222. The molecule has 2 aromatic carbocycles. The van der Waals surface area contributed by atoms with Gasteiger partial charge in [0.15, 0.2) is 0 Å². The SMILES string of the molecule is CCN(C(=O)CN1C=NS(=O)(=O)c2ccccc21)c1cccc(C)c1. The third-order valence-electron chi connectivity index (χ3n) is 4.01. The van der Waals surface area contributed by atoms with Crippen LogP contribution in [0.2, 0.25) is 0 Å². The highest BCUT2D eigenvalue weighted by atomic mass is 32.2. The fourth-order valence-electron chi connectivity index (χ4n) is 2.81. The maximum Gasteiger partial charge on any atom is 0.285 e. The molecule has 0 aromatic heterocycles. The number of fused-ring (bicyclic) bond motifs is 1. The van der Waals surface area contributed by atoms with E-state index in [1.165, 1.54) is 12.4 Å². The van der Waals surface area contributed by atoms with Gasteiger partial charge in [0.05, 0.1) is 5.69 Å². The normalized spacial score (nSPS) is 14.9. The van der Waals surface area contributed by atoms with Gasteiger partial charge in [0.1, 0.15) is 17.8 Å². The van der Waals surface area contributed by atoms with Crippen LogP contribution in [0.25, 0.3) is 0 Å². The van der Waals surface area contributed by atoms with E-state index in [0.717, 1.165) is 11.3 Å². The van der Waals surface area contributed by atoms with Gasteiger partial charge >= 0.3 is 0 Å². The summed E-state index contributed by atoms with van der Waals surface area (Å²) in [5.41, 5.74) is 2.35. The molecule has 0 spiro atoms. The Bertz CT molecular complexity index is 938. The molecular formula is C18H19N3O3S. The zero-order chi connectivity index (χ0) is 18.0. The van der Waals surface area contributed by atoms with Gasteiger partial charge in [-0.05, 0) is 43.7 Å². The average molecular weight is 357 g/mol. The lowest BCUT2D eigenvalue weighted by molar-refractivity contribution is -0.117. The summed E-state index contributed by atoms with van der Waals surface area (Å²) in [7, 11) is -3.69. The number of sulfonamides is 1. The van der Waals surface area contributed by atoms with E-state index in [0.29, 0.717) is 12.2 Å². The number of nitrogens with zero attached hydrogens (tertiary/aromatic N) is 3. The third-order valence-corrected chi connectivity index (χ3v) is 5.29. The Morgan fingerprint density at radius 1 is 1.16 bits per heavy atom. The van der Waals surface area contributed by atoms with Crippen molar-refractivity contribution in [2.24, 2.45) is 4.40 Å². The van der Waals surface area contributed by atoms with Gasteiger partial charge < -0.3 is 9.80 Å². The molecular weight excluding hydrogens is 338 g/mol.